The maximum atomic E-state index is 14.3. The summed E-state index contributed by atoms with van der Waals surface area (Å²) in [4.78, 5) is 42.8. The molecule has 41 heavy (non-hydrogen) atoms. The summed E-state index contributed by atoms with van der Waals surface area (Å²) in [7, 11) is 0. The van der Waals surface area contributed by atoms with Crippen LogP contribution in [0, 0.1) is 13.8 Å². The molecule has 3 rings (SSSR count). The van der Waals surface area contributed by atoms with Crippen molar-refractivity contribution in [2.75, 3.05) is 11.9 Å². The van der Waals surface area contributed by atoms with Crippen LogP contribution in [0.15, 0.2) is 72.8 Å². The minimum Gasteiger partial charge on any atom is -0.508 e. The summed E-state index contributed by atoms with van der Waals surface area (Å²) >= 11 is 0. The monoisotopic (exact) mass is 559 g/mol. The molecular weight excluding hydrogens is 518 g/mol. The van der Waals surface area contributed by atoms with E-state index in [-0.39, 0.29) is 24.6 Å². The van der Waals surface area contributed by atoms with Crippen LogP contribution >= 0.6 is 0 Å². The van der Waals surface area contributed by atoms with Gasteiger partial charge in [-0.05, 0) is 75.4 Å². The van der Waals surface area contributed by atoms with Crippen LogP contribution in [-0.2, 0) is 20.7 Å². The number of para-hydroxylation sites is 1. The molecule has 0 fully saturated rings. The third kappa shape index (κ3) is 8.83. The Balaban J connectivity index is 2.03. The van der Waals surface area contributed by atoms with E-state index in [9.17, 15) is 19.5 Å². The Hall–Kier alpha value is -4.33. The molecule has 2 atom stereocenters. The van der Waals surface area contributed by atoms with Crippen LogP contribution in [0.2, 0.25) is 0 Å². The van der Waals surface area contributed by atoms with Crippen molar-refractivity contribution < 1.29 is 24.2 Å². The Labute approximate surface area is 242 Å². The number of ether oxygens (including phenoxy) is 1. The smallest absolute Gasteiger partial charge is 0.408 e. The molecule has 218 valence electrons. The van der Waals surface area contributed by atoms with Crippen molar-refractivity contribution >= 4 is 23.6 Å². The summed E-state index contributed by atoms with van der Waals surface area (Å²) < 4.78 is 5.47. The van der Waals surface area contributed by atoms with Crippen LogP contribution in [-0.4, -0.2) is 46.1 Å². The van der Waals surface area contributed by atoms with Crippen molar-refractivity contribution in [1.29, 1.82) is 0 Å². The van der Waals surface area contributed by atoms with E-state index < -0.39 is 29.7 Å². The fourth-order valence-electron chi connectivity index (χ4n) is 4.64. The van der Waals surface area contributed by atoms with Crippen molar-refractivity contribution in [3.63, 3.8) is 0 Å². The van der Waals surface area contributed by atoms with Gasteiger partial charge in [-0.3, -0.25) is 9.59 Å². The lowest BCUT2D eigenvalue weighted by atomic mass is 9.99. The highest BCUT2D eigenvalue weighted by atomic mass is 16.6. The number of aryl methyl sites for hydroxylation is 2. The molecule has 0 bridgehead atoms. The minimum atomic E-state index is -1.03. The molecule has 0 aliphatic carbocycles. The van der Waals surface area contributed by atoms with Crippen LogP contribution in [0.4, 0.5) is 10.5 Å². The Morgan fingerprint density at radius 1 is 0.902 bits per heavy atom. The van der Waals surface area contributed by atoms with Crippen molar-refractivity contribution in [3.05, 3.63) is 95.1 Å². The predicted octanol–water partition coefficient (Wildman–Crippen LogP) is 6.06. The number of nitrogens with zero attached hydrogens (tertiary/aromatic N) is 1. The zero-order valence-corrected chi connectivity index (χ0v) is 24.7. The van der Waals surface area contributed by atoms with E-state index in [0.717, 1.165) is 16.7 Å². The standard InChI is InChI=1S/C33H41N3O5/c1-7-20-36(29(25-14-9-8-10-15-25)30(38)35-28-22(2)12-11-13-23(28)3)31(39)27(34-32(40)41-33(4,5)6)21-24-16-18-26(37)19-17-24/h8-19,27,29,37H,7,20-21H2,1-6H3,(H,34,40)(H,35,38). The fourth-order valence-corrected chi connectivity index (χ4v) is 4.64. The summed E-state index contributed by atoms with van der Waals surface area (Å²) in [5.74, 6) is -0.677. The lowest BCUT2D eigenvalue weighted by Gasteiger charge is -2.34. The predicted molar refractivity (Wildman–Crippen MR) is 161 cm³/mol. The van der Waals surface area contributed by atoms with Gasteiger partial charge < -0.3 is 25.4 Å². The number of nitrogens with one attached hydrogen (secondary N) is 2. The van der Waals surface area contributed by atoms with Crippen LogP contribution in [0.25, 0.3) is 0 Å². The number of carbonyl (C=O) groups excluding carboxylic acids is 3. The molecule has 3 N–H and O–H groups in total. The van der Waals surface area contributed by atoms with E-state index in [1.807, 2.05) is 69.3 Å². The van der Waals surface area contributed by atoms with E-state index in [2.05, 4.69) is 10.6 Å². The average molecular weight is 560 g/mol. The van der Waals surface area contributed by atoms with Gasteiger partial charge in [0, 0.05) is 18.7 Å². The molecule has 0 radical (unpaired) electrons. The third-order valence-electron chi connectivity index (χ3n) is 6.52. The summed E-state index contributed by atoms with van der Waals surface area (Å²) in [5, 5.41) is 15.5. The highest BCUT2D eigenvalue weighted by molar-refractivity contribution is 6.00. The number of alkyl carbamates (subject to hydrolysis) is 1. The van der Waals surface area contributed by atoms with Gasteiger partial charge in [0.1, 0.15) is 23.4 Å². The minimum absolute atomic E-state index is 0.0941. The molecule has 0 heterocycles. The number of benzene rings is 3. The van der Waals surface area contributed by atoms with Crippen LogP contribution in [0.3, 0.4) is 0 Å². The van der Waals surface area contributed by atoms with Crippen molar-refractivity contribution in [2.45, 2.75) is 72.1 Å². The lowest BCUT2D eigenvalue weighted by molar-refractivity contribution is -0.140. The first-order chi connectivity index (χ1) is 19.4. The van der Waals surface area contributed by atoms with E-state index in [4.69, 9.17) is 4.74 Å². The molecule has 0 aliphatic heterocycles. The van der Waals surface area contributed by atoms with E-state index in [0.29, 0.717) is 17.7 Å². The first kappa shape index (κ1) is 31.2. The zero-order valence-electron chi connectivity index (χ0n) is 24.7. The molecule has 8 heteroatoms. The van der Waals surface area contributed by atoms with Crippen LogP contribution in [0.1, 0.15) is 62.4 Å². The molecular formula is C33H41N3O5. The van der Waals surface area contributed by atoms with Gasteiger partial charge in [-0.25, -0.2) is 4.79 Å². The first-order valence-corrected chi connectivity index (χ1v) is 13.9. The number of phenols is 1. The maximum absolute atomic E-state index is 14.3. The average Bonchev–Trinajstić information content (AvgIpc) is 2.90. The number of rotatable bonds is 10. The number of anilines is 1. The molecule has 3 aromatic rings. The van der Waals surface area contributed by atoms with Gasteiger partial charge in [0.25, 0.3) is 5.91 Å². The second kappa shape index (κ2) is 13.8. The van der Waals surface area contributed by atoms with E-state index >= 15 is 0 Å². The zero-order chi connectivity index (χ0) is 30.2. The molecule has 0 aromatic heterocycles. The molecule has 2 unspecified atom stereocenters. The van der Waals surface area contributed by atoms with Gasteiger partial charge >= 0.3 is 6.09 Å². The topological polar surface area (TPSA) is 108 Å². The van der Waals surface area contributed by atoms with E-state index in [1.165, 1.54) is 17.0 Å². The second-order valence-electron chi connectivity index (χ2n) is 11.2. The molecule has 0 aliphatic rings. The van der Waals surface area contributed by atoms with Gasteiger partial charge in [-0.2, -0.15) is 0 Å². The summed E-state index contributed by atoms with van der Waals surface area (Å²) in [6.45, 7) is 11.3. The second-order valence-corrected chi connectivity index (χ2v) is 11.2. The quantitative estimate of drug-likeness (QED) is 0.280. The number of phenolic OH excluding ortho intramolecular Hbond substituents is 1. The van der Waals surface area contributed by atoms with Gasteiger partial charge in [-0.15, -0.1) is 0 Å². The Bertz CT molecular complexity index is 1310. The molecule has 0 spiro atoms. The molecule has 3 aromatic carbocycles. The number of amides is 3. The summed E-state index contributed by atoms with van der Waals surface area (Å²) in [6, 6.07) is 19.4. The van der Waals surface area contributed by atoms with E-state index in [1.54, 1.807) is 32.9 Å². The fraction of sp³-hybridized carbons (Fsp3) is 0.364. The molecule has 0 saturated carbocycles. The normalized spacial score (nSPS) is 12.6. The van der Waals surface area contributed by atoms with Gasteiger partial charge in [0.15, 0.2) is 0 Å². The number of carbonyl (C=O) groups is 3. The number of hydrogen-bond donors (Lipinski definition) is 3. The van der Waals surface area contributed by atoms with Crippen LogP contribution < -0.4 is 10.6 Å². The largest absolute Gasteiger partial charge is 0.508 e. The van der Waals surface area contributed by atoms with Crippen LogP contribution in [0.5, 0.6) is 5.75 Å². The molecule has 3 amide bonds. The summed E-state index contributed by atoms with van der Waals surface area (Å²) in [5.41, 5.74) is 3.14. The van der Waals surface area contributed by atoms with Gasteiger partial charge in [0.2, 0.25) is 5.91 Å². The summed E-state index contributed by atoms with van der Waals surface area (Å²) in [6.07, 6.45) is -0.00904. The van der Waals surface area contributed by atoms with Gasteiger partial charge in [0.05, 0.1) is 0 Å². The SMILES string of the molecule is CCCN(C(=O)C(Cc1ccc(O)cc1)NC(=O)OC(C)(C)C)C(C(=O)Nc1c(C)cccc1C)c1ccccc1. The van der Waals surface area contributed by atoms with Gasteiger partial charge in [-0.1, -0.05) is 67.6 Å². The van der Waals surface area contributed by atoms with Crippen molar-refractivity contribution in [3.8, 4) is 5.75 Å². The Kier molecular flexibility index (Phi) is 10.5. The highest BCUT2D eigenvalue weighted by Crippen LogP contribution is 2.27. The number of aromatic hydroxyl groups is 1. The molecule has 0 saturated heterocycles. The highest BCUT2D eigenvalue weighted by Gasteiger charge is 2.36. The lowest BCUT2D eigenvalue weighted by Crippen LogP contribution is -2.53. The Morgan fingerprint density at radius 2 is 1.51 bits per heavy atom. The Morgan fingerprint density at radius 3 is 2.07 bits per heavy atom. The van der Waals surface area contributed by atoms with Crippen molar-refractivity contribution in [2.24, 2.45) is 0 Å². The third-order valence-corrected chi connectivity index (χ3v) is 6.52. The first-order valence-electron chi connectivity index (χ1n) is 13.9. The number of hydrogen-bond acceptors (Lipinski definition) is 5. The maximum Gasteiger partial charge on any atom is 0.408 e. The van der Waals surface area contributed by atoms with Crippen molar-refractivity contribution in [1.82, 2.24) is 10.2 Å². The molecule has 8 nitrogen and oxygen atoms in total.